The SMILES string of the molecule is NCc1ccc(-c2cc3cc(C(F)(F)F)ccc3s2)nc1. The van der Waals surface area contributed by atoms with Gasteiger partial charge in [-0.25, -0.2) is 0 Å². The lowest BCUT2D eigenvalue weighted by Crippen LogP contribution is -2.03. The molecular formula is C15H11F3N2S. The van der Waals surface area contributed by atoms with Crippen LogP contribution in [0.4, 0.5) is 13.2 Å². The number of pyridine rings is 1. The van der Waals surface area contributed by atoms with Crippen LogP contribution in [0.15, 0.2) is 42.6 Å². The third-order valence-electron chi connectivity index (χ3n) is 3.16. The van der Waals surface area contributed by atoms with E-state index < -0.39 is 11.7 Å². The maximum absolute atomic E-state index is 12.7. The van der Waals surface area contributed by atoms with E-state index >= 15 is 0 Å². The van der Waals surface area contributed by atoms with E-state index in [-0.39, 0.29) is 0 Å². The molecule has 2 aromatic heterocycles. The summed E-state index contributed by atoms with van der Waals surface area (Å²) in [5.41, 5.74) is 6.53. The quantitative estimate of drug-likeness (QED) is 0.760. The number of thiophene rings is 1. The van der Waals surface area contributed by atoms with Crippen LogP contribution < -0.4 is 5.73 Å². The summed E-state index contributed by atoms with van der Waals surface area (Å²) in [4.78, 5) is 5.14. The van der Waals surface area contributed by atoms with E-state index in [0.717, 1.165) is 26.9 Å². The third kappa shape index (κ3) is 2.77. The van der Waals surface area contributed by atoms with Crippen molar-refractivity contribution in [1.82, 2.24) is 4.98 Å². The van der Waals surface area contributed by atoms with E-state index in [0.29, 0.717) is 11.9 Å². The predicted octanol–water partition coefficient (Wildman–Crippen LogP) is 4.44. The highest BCUT2D eigenvalue weighted by molar-refractivity contribution is 7.22. The van der Waals surface area contributed by atoms with Crippen LogP contribution in [0.2, 0.25) is 0 Å². The van der Waals surface area contributed by atoms with Crippen molar-refractivity contribution in [2.24, 2.45) is 5.73 Å². The number of halogens is 3. The molecule has 0 fully saturated rings. The van der Waals surface area contributed by atoms with Gasteiger partial charge in [-0.1, -0.05) is 6.07 Å². The monoisotopic (exact) mass is 308 g/mol. The van der Waals surface area contributed by atoms with Crippen LogP contribution in [0.5, 0.6) is 0 Å². The molecule has 2 nitrogen and oxygen atoms in total. The molecule has 108 valence electrons. The topological polar surface area (TPSA) is 38.9 Å². The van der Waals surface area contributed by atoms with E-state index in [1.165, 1.54) is 23.5 Å². The Hall–Kier alpha value is -1.92. The van der Waals surface area contributed by atoms with Gasteiger partial charge in [0.25, 0.3) is 0 Å². The highest BCUT2D eigenvalue weighted by atomic mass is 32.1. The maximum Gasteiger partial charge on any atom is 0.416 e. The Morgan fingerprint density at radius 1 is 1.10 bits per heavy atom. The number of hydrogen-bond donors (Lipinski definition) is 1. The Morgan fingerprint density at radius 2 is 1.90 bits per heavy atom. The number of fused-ring (bicyclic) bond motifs is 1. The van der Waals surface area contributed by atoms with Crippen LogP contribution in [0.25, 0.3) is 20.7 Å². The molecule has 2 heterocycles. The molecular weight excluding hydrogens is 297 g/mol. The number of aromatic nitrogens is 1. The van der Waals surface area contributed by atoms with E-state index in [1.54, 1.807) is 12.3 Å². The van der Waals surface area contributed by atoms with Crippen molar-refractivity contribution >= 4 is 21.4 Å². The molecule has 0 aliphatic heterocycles. The minimum absolute atomic E-state index is 0.411. The van der Waals surface area contributed by atoms with Gasteiger partial charge in [-0.3, -0.25) is 4.98 Å². The molecule has 6 heteroatoms. The van der Waals surface area contributed by atoms with Gasteiger partial charge in [0, 0.05) is 17.4 Å². The van der Waals surface area contributed by atoms with Crippen LogP contribution >= 0.6 is 11.3 Å². The van der Waals surface area contributed by atoms with E-state index in [4.69, 9.17) is 5.73 Å². The summed E-state index contributed by atoms with van der Waals surface area (Å²) in [6.07, 6.45) is -2.64. The number of nitrogens with two attached hydrogens (primary N) is 1. The first-order valence-electron chi connectivity index (χ1n) is 6.23. The first-order chi connectivity index (χ1) is 9.97. The van der Waals surface area contributed by atoms with Gasteiger partial charge >= 0.3 is 6.18 Å². The number of nitrogens with zero attached hydrogens (tertiary/aromatic N) is 1. The molecule has 0 radical (unpaired) electrons. The second-order valence-electron chi connectivity index (χ2n) is 4.62. The Morgan fingerprint density at radius 3 is 2.52 bits per heavy atom. The zero-order chi connectivity index (χ0) is 15.0. The van der Waals surface area contributed by atoms with Crippen molar-refractivity contribution in [3.05, 3.63) is 53.7 Å². The van der Waals surface area contributed by atoms with Crippen LogP contribution in [-0.4, -0.2) is 4.98 Å². The minimum atomic E-state index is -4.32. The van der Waals surface area contributed by atoms with Gasteiger partial charge in [0.2, 0.25) is 0 Å². The number of benzene rings is 1. The standard InChI is InChI=1S/C15H11F3N2S/c16-15(17,18)11-2-4-13-10(5-11)6-14(21-13)12-3-1-9(7-19)8-20-12/h1-6,8H,7,19H2. The molecule has 0 aliphatic carbocycles. The second-order valence-corrected chi connectivity index (χ2v) is 5.70. The lowest BCUT2D eigenvalue weighted by Gasteiger charge is -2.05. The molecule has 0 spiro atoms. The Kier molecular flexibility index (Phi) is 3.43. The first-order valence-corrected chi connectivity index (χ1v) is 7.05. The molecule has 0 saturated carbocycles. The lowest BCUT2D eigenvalue weighted by molar-refractivity contribution is -0.137. The average molecular weight is 308 g/mol. The number of hydrogen-bond acceptors (Lipinski definition) is 3. The molecule has 2 N–H and O–H groups in total. The van der Waals surface area contributed by atoms with Crippen molar-refractivity contribution in [1.29, 1.82) is 0 Å². The van der Waals surface area contributed by atoms with Crippen LogP contribution in [0.1, 0.15) is 11.1 Å². The summed E-state index contributed by atoms with van der Waals surface area (Å²) >= 11 is 1.42. The number of alkyl halides is 3. The summed E-state index contributed by atoms with van der Waals surface area (Å²) in [7, 11) is 0. The third-order valence-corrected chi connectivity index (χ3v) is 4.30. The van der Waals surface area contributed by atoms with Crippen molar-refractivity contribution < 1.29 is 13.2 Å². The van der Waals surface area contributed by atoms with Crippen molar-refractivity contribution in [3.8, 4) is 10.6 Å². The van der Waals surface area contributed by atoms with Crippen molar-refractivity contribution in [2.75, 3.05) is 0 Å². The largest absolute Gasteiger partial charge is 0.416 e. The molecule has 0 saturated heterocycles. The molecule has 0 amide bonds. The summed E-state index contributed by atoms with van der Waals surface area (Å²) in [5.74, 6) is 0. The molecule has 0 unspecified atom stereocenters. The van der Waals surface area contributed by atoms with E-state index in [9.17, 15) is 13.2 Å². The van der Waals surface area contributed by atoms with Gasteiger partial charge in [0.1, 0.15) is 0 Å². The maximum atomic E-state index is 12.7. The highest BCUT2D eigenvalue weighted by Gasteiger charge is 2.30. The summed E-state index contributed by atoms with van der Waals surface area (Å²) in [6, 6.07) is 9.21. The van der Waals surface area contributed by atoms with Gasteiger partial charge in [-0.2, -0.15) is 13.2 Å². The van der Waals surface area contributed by atoms with E-state index in [2.05, 4.69) is 4.98 Å². The second kappa shape index (κ2) is 5.13. The Bertz CT molecular complexity index is 776. The predicted molar refractivity (Wildman–Crippen MR) is 77.9 cm³/mol. The van der Waals surface area contributed by atoms with Crippen LogP contribution in [0.3, 0.4) is 0 Å². The van der Waals surface area contributed by atoms with Crippen LogP contribution in [0, 0.1) is 0 Å². The van der Waals surface area contributed by atoms with Crippen molar-refractivity contribution in [2.45, 2.75) is 12.7 Å². The van der Waals surface area contributed by atoms with Gasteiger partial charge < -0.3 is 5.73 Å². The molecule has 3 aromatic rings. The fourth-order valence-corrected chi connectivity index (χ4v) is 3.06. The zero-order valence-corrected chi connectivity index (χ0v) is 11.6. The zero-order valence-electron chi connectivity index (χ0n) is 10.8. The minimum Gasteiger partial charge on any atom is -0.326 e. The summed E-state index contributed by atoms with van der Waals surface area (Å²) in [5, 5.41) is 0.578. The lowest BCUT2D eigenvalue weighted by atomic mass is 10.1. The molecule has 3 rings (SSSR count). The molecule has 21 heavy (non-hydrogen) atoms. The van der Waals surface area contributed by atoms with Gasteiger partial charge in [0.15, 0.2) is 0 Å². The summed E-state index contributed by atoms with van der Waals surface area (Å²) < 4.78 is 38.9. The Labute approximate surface area is 123 Å². The van der Waals surface area contributed by atoms with Gasteiger partial charge in [-0.05, 0) is 41.3 Å². The molecule has 0 atom stereocenters. The fraction of sp³-hybridized carbons (Fsp3) is 0.133. The molecule has 0 bridgehead atoms. The summed E-state index contributed by atoms with van der Waals surface area (Å²) in [6.45, 7) is 0.411. The van der Waals surface area contributed by atoms with Crippen LogP contribution in [-0.2, 0) is 12.7 Å². The molecule has 0 aliphatic rings. The number of rotatable bonds is 2. The fourth-order valence-electron chi connectivity index (χ4n) is 2.04. The van der Waals surface area contributed by atoms with E-state index in [1.807, 2.05) is 12.1 Å². The van der Waals surface area contributed by atoms with Gasteiger partial charge in [-0.15, -0.1) is 11.3 Å². The van der Waals surface area contributed by atoms with Crippen molar-refractivity contribution in [3.63, 3.8) is 0 Å². The first kappa shape index (κ1) is 14.0. The average Bonchev–Trinajstić information content (AvgIpc) is 2.89. The Balaban J connectivity index is 2.04. The van der Waals surface area contributed by atoms with Gasteiger partial charge in [0.05, 0.1) is 16.1 Å². The normalized spacial score (nSPS) is 12.0. The molecule has 1 aromatic carbocycles. The highest BCUT2D eigenvalue weighted by Crippen LogP contribution is 2.36. The smallest absolute Gasteiger partial charge is 0.326 e.